The molecule has 0 saturated heterocycles. The van der Waals surface area contributed by atoms with Gasteiger partial charge in [-0.25, -0.2) is 0 Å². The second kappa shape index (κ2) is 8.30. The van der Waals surface area contributed by atoms with Crippen LogP contribution in [0, 0.1) is 6.92 Å². The number of carbonyl (C=O) groups excluding carboxylic acids is 2. The van der Waals surface area contributed by atoms with E-state index in [9.17, 15) is 27.9 Å². The van der Waals surface area contributed by atoms with Crippen LogP contribution in [0.25, 0.3) is 0 Å². The normalized spacial score (nSPS) is 13.4. The van der Waals surface area contributed by atoms with Crippen LogP contribution in [0.3, 0.4) is 0 Å². The first-order valence-electron chi connectivity index (χ1n) is 8.17. The van der Waals surface area contributed by atoms with Gasteiger partial charge < -0.3 is 20.5 Å². The van der Waals surface area contributed by atoms with E-state index in [0.717, 1.165) is 17.7 Å². The second-order valence-corrected chi connectivity index (χ2v) is 6.06. The Bertz CT molecular complexity index is 856. The average Bonchev–Trinajstić information content (AvgIpc) is 2.65. The van der Waals surface area contributed by atoms with Gasteiger partial charge in [0.1, 0.15) is 5.75 Å². The van der Waals surface area contributed by atoms with Crippen molar-refractivity contribution in [1.82, 2.24) is 5.32 Å². The van der Waals surface area contributed by atoms with E-state index in [4.69, 9.17) is 4.74 Å². The molecule has 2 aromatic carbocycles. The minimum atomic E-state index is -5.07. The van der Waals surface area contributed by atoms with E-state index >= 15 is 0 Å². The zero-order valence-electron chi connectivity index (χ0n) is 15.1. The minimum absolute atomic E-state index is 0.191. The molecular formula is C19H19F3N2O4. The molecule has 0 spiro atoms. The fraction of sp³-hybridized carbons (Fsp3) is 0.263. The molecule has 150 valence electrons. The number of ether oxygens (including phenoxy) is 1. The number of halogens is 3. The van der Waals surface area contributed by atoms with Gasteiger partial charge in [0.2, 0.25) is 5.60 Å². The number of methoxy groups -OCH3 is 1. The summed E-state index contributed by atoms with van der Waals surface area (Å²) in [6.07, 6.45) is -5.07. The van der Waals surface area contributed by atoms with Crippen LogP contribution in [0.15, 0.2) is 48.5 Å². The molecule has 0 aliphatic carbocycles. The van der Waals surface area contributed by atoms with Crippen LogP contribution in [-0.2, 0) is 15.2 Å². The Morgan fingerprint density at radius 1 is 1.07 bits per heavy atom. The van der Waals surface area contributed by atoms with Gasteiger partial charge in [-0.2, -0.15) is 13.2 Å². The van der Waals surface area contributed by atoms with Crippen LogP contribution in [0.1, 0.15) is 11.1 Å². The SMILES string of the molecule is COc1ccc(C)cc1NC(=O)C(=O)NCC(O)(c1ccccc1)C(F)(F)F. The Hall–Kier alpha value is -3.07. The van der Waals surface area contributed by atoms with Crippen LogP contribution >= 0.6 is 0 Å². The number of aryl methyl sites for hydroxylation is 1. The molecule has 0 radical (unpaired) electrons. The van der Waals surface area contributed by atoms with E-state index in [0.29, 0.717) is 0 Å². The summed E-state index contributed by atoms with van der Waals surface area (Å²) in [4.78, 5) is 24.0. The van der Waals surface area contributed by atoms with Crippen molar-refractivity contribution >= 4 is 17.5 Å². The van der Waals surface area contributed by atoms with E-state index in [2.05, 4.69) is 5.32 Å². The Morgan fingerprint density at radius 3 is 2.29 bits per heavy atom. The number of rotatable bonds is 5. The van der Waals surface area contributed by atoms with E-state index in [1.165, 1.54) is 25.3 Å². The molecule has 0 aliphatic heterocycles. The third-order valence-corrected chi connectivity index (χ3v) is 4.03. The lowest BCUT2D eigenvalue weighted by Gasteiger charge is -2.31. The quantitative estimate of drug-likeness (QED) is 0.678. The molecule has 28 heavy (non-hydrogen) atoms. The Kier molecular flexibility index (Phi) is 6.30. The van der Waals surface area contributed by atoms with Crippen LogP contribution in [-0.4, -0.2) is 36.8 Å². The summed E-state index contributed by atoms with van der Waals surface area (Å²) in [6, 6.07) is 11.1. The highest BCUT2D eigenvalue weighted by Gasteiger charge is 2.55. The second-order valence-electron chi connectivity index (χ2n) is 6.06. The molecule has 0 saturated carbocycles. The minimum Gasteiger partial charge on any atom is -0.495 e. The number of carbonyl (C=O) groups is 2. The van der Waals surface area contributed by atoms with Crippen molar-refractivity contribution in [2.24, 2.45) is 0 Å². The molecule has 1 unspecified atom stereocenters. The van der Waals surface area contributed by atoms with Crippen LogP contribution in [0.2, 0.25) is 0 Å². The van der Waals surface area contributed by atoms with Crippen molar-refractivity contribution in [2.75, 3.05) is 19.0 Å². The lowest BCUT2D eigenvalue weighted by molar-refractivity contribution is -0.264. The fourth-order valence-corrected chi connectivity index (χ4v) is 2.47. The molecule has 0 heterocycles. The van der Waals surface area contributed by atoms with Gasteiger partial charge in [0.05, 0.1) is 19.3 Å². The Morgan fingerprint density at radius 2 is 1.71 bits per heavy atom. The monoisotopic (exact) mass is 396 g/mol. The van der Waals surface area contributed by atoms with Gasteiger partial charge in [0, 0.05) is 0 Å². The predicted molar refractivity (Wildman–Crippen MR) is 95.8 cm³/mol. The molecule has 2 aromatic rings. The number of anilines is 1. The molecule has 2 amide bonds. The number of hydrogen-bond donors (Lipinski definition) is 3. The van der Waals surface area contributed by atoms with Crippen molar-refractivity contribution < 1.29 is 32.6 Å². The maximum atomic E-state index is 13.4. The number of nitrogens with one attached hydrogen (secondary N) is 2. The molecule has 0 aromatic heterocycles. The zero-order valence-corrected chi connectivity index (χ0v) is 15.1. The van der Waals surface area contributed by atoms with Crippen molar-refractivity contribution in [2.45, 2.75) is 18.7 Å². The van der Waals surface area contributed by atoms with Crippen molar-refractivity contribution in [3.8, 4) is 5.75 Å². The summed E-state index contributed by atoms with van der Waals surface area (Å²) in [5.41, 5.74) is -2.84. The van der Waals surface area contributed by atoms with E-state index in [-0.39, 0.29) is 11.4 Å². The van der Waals surface area contributed by atoms with Crippen molar-refractivity contribution in [3.05, 3.63) is 59.7 Å². The third kappa shape index (κ3) is 4.61. The maximum absolute atomic E-state index is 13.4. The Balaban J connectivity index is 2.13. The van der Waals surface area contributed by atoms with Gasteiger partial charge >= 0.3 is 18.0 Å². The zero-order chi connectivity index (χ0) is 20.9. The third-order valence-electron chi connectivity index (χ3n) is 4.03. The fourth-order valence-electron chi connectivity index (χ4n) is 2.47. The topological polar surface area (TPSA) is 87.7 Å². The first-order valence-corrected chi connectivity index (χ1v) is 8.17. The highest BCUT2D eigenvalue weighted by Crippen LogP contribution is 2.38. The highest BCUT2D eigenvalue weighted by molar-refractivity contribution is 6.39. The van der Waals surface area contributed by atoms with E-state index < -0.39 is 35.7 Å². The standard InChI is InChI=1S/C19H19F3N2O4/c1-12-8-9-15(28-2)14(10-12)24-17(26)16(25)23-11-18(27,19(20,21)22)13-6-4-3-5-7-13/h3-10,27H,11H2,1-2H3,(H,23,25)(H,24,26). The van der Waals surface area contributed by atoms with Gasteiger partial charge in [0.15, 0.2) is 0 Å². The highest BCUT2D eigenvalue weighted by atomic mass is 19.4. The van der Waals surface area contributed by atoms with Gasteiger partial charge in [-0.1, -0.05) is 36.4 Å². The largest absolute Gasteiger partial charge is 0.495 e. The van der Waals surface area contributed by atoms with Crippen LogP contribution in [0.5, 0.6) is 5.75 Å². The summed E-state index contributed by atoms with van der Waals surface area (Å²) in [7, 11) is 1.36. The number of benzene rings is 2. The first-order chi connectivity index (χ1) is 13.1. The van der Waals surface area contributed by atoms with Gasteiger partial charge in [-0.05, 0) is 30.2 Å². The summed E-state index contributed by atoms with van der Waals surface area (Å²) < 4.78 is 45.3. The van der Waals surface area contributed by atoms with Crippen LogP contribution in [0.4, 0.5) is 18.9 Å². The number of aliphatic hydroxyl groups is 1. The first kappa shape index (κ1) is 21.2. The lowest BCUT2D eigenvalue weighted by Crippen LogP contribution is -2.52. The lowest BCUT2D eigenvalue weighted by atomic mass is 9.93. The van der Waals surface area contributed by atoms with E-state index in [1.807, 2.05) is 5.32 Å². The summed E-state index contributed by atoms with van der Waals surface area (Å²) >= 11 is 0. The van der Waals surface area contributed by atoms with Gasteiger partial charge in [-0.15, -0.1) is 0 Å². The molecule has 0 fully saturated rings. The molecule has 6 nitrogen and oxygen atoms in total. The average molecular weight is 396 g/mol. The molecule has 1 atom stereocenters. The van der Waals surface area contributed by atoms with Gasteiger partial charge in [0.25, 0.3) is 0 Å². The summed E-state index contributed by atoms with van der Waals surface area (Å²) in [5.74, 6) is -2.24. The molecule has 9 heteroatoms. The molecule has 0 aliphatic rings. The predicted octanol–water partition coefficient (Wildman–Crippen LogP) is 2.51. The van der Waals surface area contributed by atoms with Gasteiger partial charge in [-0.3, -0.25) is 9.59 Å². The molecule has 2 rings (SSSR count). The number of hydrogen-bond acceptors (Lipinski definition) is 4. The van der Waals surface area contributed by atoms with Crippen molar-refractivity contribution in [3.63, 3.8) is 0 Å². The molecular weight excluding hydrogens is 377 g/mol. The smallest absolute Gasteiger partial charge is 0.423 e. The number of alkyl halides is 3. The number of amides is 2. The maximum Gasteiger partial charge on any atom is 0.423 e. The summed E-state index contributed by atoms with van der Waals surface area (Å²) in [5, 5.41) is 14.3. The Labute approximate surface area is 159 Å². The molecule has 0 bridgehead atoms. The summed E-state index contributed by atoms with van der Waals surface area (Å²) in [6.45, 7) is 0.524. The van der Waals surface area contributed by atoms with Crippen molar-refractivity contribution in [1.29, 1.82) is 0 Å². The van der Waals surface area contributed by atoms with Crippen LogP contribution < -0.4 is 15.4 Å². The molecule has 3 N–H and O–H groups in total. The van der Waals surface area contributed by atoms with E-state index in [1.54, 1.807) is 25.1 Å².